The molecule has 0 bridgehead atoms. The predicted octanol–water partition coefficient (Wildman–Crippen LogP) is 4.77. The molecule has 2 aromatic heterocycles. The van der Waals surface area contributed by atoms with Crippen molar-refractivity contribution in [1.82, 2.24) is 9.97 Å². The average Bonchev–Trinajstić information content (AvgIpc) is 3.06. The molecule has 2 heterocycles. The standard InChI is InChI=1S/C20H20N2O3/c23-19(12-14-6-2-1-3-7-14)24-15-9-10-16-18(13-15)25-20(22-16)17-8-4-5-11-21-17/h4-5,8-11,13-14H,1-3,6-7,12H2. The molecule has 128 valence electrons. The summed E-state index contributed by atoms with van der Waals surface area (Å²) in [6.07, 6.45) is 8.17. The molecule has 0 spiro atoms. The maximum absolute atomic E-state index is 12.2. The van der Waals surface area contributed by atoms with E-state index in [1.54, 1.807) is 24.4 Å². The SMILES string of the molecule is O=C(CC1CCCCC1)Oc1ccc2nc(-c3ccccn3)oc2c1. The number of pyridine rings is 1. The Hall–Kier alpha value is -2.69. The highest BCUT2D eigenvalue weighted by molar-refractivity contribution is 5.79. The highest BCUT2D eigenvalue weighted by atomic mass is 16.5. The number of carbonyl (C=O) groups is 1. The first-order chi connectivity index (χ1) is 12.3. The van der Waals surface area contributed by atoms with Crippen molar-refractivity contribution in [2.45, 2.75) is 38.5 Å². The Morgan fingerprint density at radius 3 is 2.84 bits per heavy atom. The predicted molar refractivity (Wildman–Crippen MR) is 94.1 cm³/mol. The van der Waals surface area contributed by atoms with E-state index in [4.69, 9.17) is 9.15 Å². The lowest BCUT2D eigenvalue weighted by Gasteiger charge is -2.20. The smallest absolute Gasteiger partial charge is 0.311 e. The van der Waals surface area contributed by atoms with Crippen LogP contribution in [0.3, 0.4) is 0 Å². The molecule has 0 radical (unpaired) electrons. The van der Waals surface area contributed by atoms with Gasteiger partial charge in [0.1, 0.15) is 17.0 Å². The molecule has 5 heteroatoms. The van der Waals surface area contributed by atoms with Crippen LogP contribution in [0, 0.1) is 5.92 Å². The average molecular weight is 336 g/mol. The largest absolute Gasteiger partial charge is 0.435 e. The molecule has 1 aliphatic carbocycles. The minimum absolute atomic E-state index is 0.171. The highest BCUT2D eigenvalue weighted by Gasteiger charge is 2.18. The zero-order chi connectivity index (χ0) is 17.1. The molecule has 25 heavy (non-hydrogen) atoms. The molecule has 0 unspecified atom stereocenters. The first kappa shape index (κ1) is 15.8. The fourth-order valence-electron chi connectivity index (χ4n) is 3.37. The van der Waals surface area contributed by atoms with E-state index in [0.717, 1.165) is 12.8 Å². The van der Waals surface area contributed by atoms with Crippen LogP contribution in [0.2, 0.25) is 0 Å². The second kappa shape index (κ2) is 7.05. The number of rotatable bonds is 4. The molecule has 0 atom stereocenters. The molecule has 0 amide bonds. The van der Waals surface area contributed by atoms with Crippen molar-refractivity contribution < 1.29 is 13.9 Å². The molecule has 4 rings (SSSR count). The summed E-state index contributed by atoms with van der Waals surface area (Å²) in [7, 11) is 0. The quantitative estimate of drug-likeness (QED) is 0.507. The van der Waals surface area contributed by atoms with Crippen molar-refractivity contribution >= 4 is 17.1 Å². The molecule has 1 aromatic carbocycles. The van der Waals surface area contributed by atoms with Crippen molar-refractivity contribution in [2.75, 3.05) is 0 Å². The number of oxazole rings is 1. The Morgan fingerprint density at radius 1 is 1.16 bits per heavy atom. The number of fused-ring (bicyclic) bond motifs is 1. The van der Waals surface area contributed by atoms with Crippen LogP contribution < -0.4 is 4.74 Å². The number of aromatic nitrogens is 2. The van der Waals surface area contributed by atoms with Crippen LogP contribution in [0.4, 0.5) is 0 Å². The molecule has 1 aliphatic rings. The number of benzene rings is 1. The minimum atomic E-state index is -0.171. The van der Waals surface area contributed by atoms with Gasteiger partial charge < -0.3 is 9.15 Å². The van der Waals surface area contributed by atoms with Crippen LogP contribution in [0.15, 0.2) is 47.0 Å². The summed E-state index contributed by atoms with van der Waals surface area (Å²) < 4.78 is 11.3. The lowest BCUT2D eigenvalue weighted by molar-refractivity contribution is -0.135. The van der Waals surface area contributed by atoms with E-state index in [-0.39, 0.29) is 5.97 Å². The van der Waals surface area contributed by atoms with Gasteiger partial charge in [0, 0.05) is 18.7 Å². The second-order valence-electron chi connectivity index (χ2n) is 6.55. The van der Waals surface area contributed by atoms with E-state index < -0.39 is 0 Å². The lowest BCUT2D eigenvalue weighted by Crippen LogP contribution is -2.16. The molecule has 3 aromatic rings. The summed E-state index contributed by atoms with van der Waals surface area (Å²) in [4.78, 5) is 20.8. The van der Waals surface area contributed by atoms with Gasteiger partial charge in [0.15, 0.2) is 5.58 Å². The van der Waals surface area contributed by atoms with E-state index in [1.807, 2.05) is 18.2 Å². The first-order valence-corrected chi connectivity index (χ1v) is 8.80. The third kappa shape index (κ3) is 3.71. The normalized spacial score (nSPS) is 15.4. The van der Waals surface area contributed by atoms with Gasteiger partial charge in [-0.15, -0.1) is 0 Å². The van der Waals surface area contributed by atoms with Crippen molar-refractivity contribution in [2.24, 2.45) is 5.92 Å². The van der Waals surface area contributed by atoms with Gasteiger partial charge in [-0.2, -0.15) is 0 Å². The fraction of sp³-hybridized carbons (Fsp3) is 0.350. The van der Waals surface area contributed by atoms with Crippen molar-refractivity contribution in [3.63, 3.8) is 0 Å². The Balaban J connectivity index is 1.48. The molecule has 0 saturated heterocycles. The molecule has 0 aliphatic heterocycles. The van der Waals surface area contributed by atoms with E-state index in [2.05, 4.69) is 9.97 Å². The number of nitrogens with zero attached hydrogens (tertiary/aromatic N) is 2. The second-order valence-corrected chi connectivity index (χ2v) is 6.55. The fourth-order valence-corrected chi connectivity index (χ4v) is 3.37. The van der Waals surface area contributed by atoms with Gasteiger partial charge in [-0.05, 0) is 43.0 Å². The number of carbonyl (C=O) groups excluding carboxylic acids is 1. The Labute approximate surface area is 146 Å². The van der Waals surface area contributed by atoms with E-state index in [0.29, 0.717) is 40.8 Å². The molecule has 1 fully saturated rings. The topological polar surface area (TPSA) is 65.2 Å². The monoisotopic (exact) mass is 336 g/mol. The van der Waals surface area contributed by atoms with Gasteiger partial charge in [-0.1, -0.05) is 25.3 Å². The third-order valence-corrected chi connectivity index (χ3v) is 4.66. The van der Waals surface area contributed by atoms with E-state index >= 15 is 0 Å². The summed E-state index contributed by atoms with van der Waals surface area (Å²) >= 11 is 0. The van der Waals surface area contributed by atoms with Gasteiger partial charge in [0.25, 0.3) is 0 Å². The minimum Gasteiger partial charge on any atom is -0.435 e. The third-order valence-electron chi connectivity index (χ3n) is 4.66. The zero-order valence-electron chi connectivity index (χ0n) is 14.0. The van der Waals surface area contributed by atoms with Crippen LogP contribution in [0.5, 0.6) is 5.75 Å². The number of hydrogen-bond acceptors (Lipinski definition) is 5. The number of esters is 1. The molecule has 1 saturated carbocycles. The summed E-state index contributed by atoms with van der Waals surface area (Å²) in [6, 6.07) is 10.8. The lowest BCUT2D eigenvalue weighted by atomic mass is 9.87. The summed E-state index contributed by atoms with van der Waals surface area (Å²) in [5, 5.41) is 0. The molecule has 0 N–H and O–H groups in total. The number of hydrogen-bond donors (Lipinski definition) is 0. The van der Waals surface area contributed by atoms with Gasteiger partial charge in [0.2, 0.25) is 5.89 Å². The van der Waals surface area contributed by atoms with Crippen LogP contribution in [-0.2, 0) is 4.79 Å². The maximum atomic E-state index is 12.2. The summed E-state index contributed by atoms with van der Waals surface area (Å²) in [5.41, 5.74) is 1.98. The molecular weight excluding hydrogens is 316 g/mol. The maximum Gasteiger partial charge on any atom is 0.311 e. The van der Waals surface area contributed by atoms with Crippen molar-refractivity contribution in [3.8, 4) is 17.3 Å². The van der Waals surface area contributed by atoms with E-state index in [1.165, 1.54) is 19.3 Å². The Bertz CT molecular complexity index is 867. The van der Waals surface area contributed by atoms with Crippen LogP contribution >= 0.6 is 0 Å². The molecule has 5 nitrogen and oxygen atoms in total. The van der Waals surface area contributed by atoms with Crippen LogP contribution in [0.25, 0.3) is 22.7 Å². The van der Waals surface area contributed by atoms with Crippen LogP contribution in [0.1, 0.15) is 38.5 Å². The van der Waals surface area contributed by atoms with Crippen molar-refractivity contribution in [1.29, 1.82) is 0 Å². The van der Waals surface area contributed by atoms with E-state index in [9.17, 15) is 4.79 Å². The summed E-state index contributed by atoms with van der Waals surface area (Å²) in [6.45, 7) is 0. The zero-order valence-corrected chi connectivity index (χ0v) is 14.0. The number of ether oxygens (including phenoxy) is 1. The van der Waals surface area contributed by atoms with Crippen molar-refractivity contribution in [3.05, 3.63) is 42.6 Å². The first-order valence-electron chi connectivity index (χ1n) is 8.80. The van der Waals surface area contributed by atoms with Gasteiger partial charge in [0.05, 0.1) is 0 Å². The Morgan fingerprint density at radius 2 is 2.04 bits per heavy atom. The summed E-state index contributed by atoms with van der Waals surface area (Å²) in [5.74, 6) is 1.25. The van der Waals surface area contributed by atoms with Gasteiger partial charge in [-0.25, -0.2) is 4.98 Å². The molecular formula is C20H20N2O3. The Kier molecular flexibility index (Phi) is 4.46. The van der Waals surface area contributed by atoms with Gasteiger partial charge in [-0.3, -0.25) is 9.78 Å². The van der Waals surface area contributed by atoms with Gasteiger partial charge >= 0.3 is 5.97 Å². The van der Waals surface area contributed by atoms with Crippen LogP contribution in [-0.4, -0.2) is 15.9 Å². The highest BCUT2D eigenvalue weighted by Crippen LogP contribution is 2.28.